The Morgan fingerprint density at radius 1 is 1.14 bits per heavy atom. The van der Waals surface area contributed by atoms with Gasteiger partial charge in [-0.05, 0) is 80.8 Å². The van der Waals surface area contributed by atoms with Crippen molar-refractivity contribution in [1.82, 2.24) is 10.2 Å². The number of rotatable bonds is 4. The summed E-state index contributed by atoms with van der Waals surface area (Å²) in [7, 11) is 0. The molecule has 2 saturated carbocycles. The summed E-state index contributed by atoms with van der Waals surface area (Å²) in [4.78, 5) is 15.7. The number of nitrogens with one attached hydrogen (secondary N) is 1. The van der Waals surface area contributed by atoms with Crippen molar-refractivity contribution in [2.24, 2.45) is 5.92 Å². The van der Waals surface area contributed by atoms with E-state index in [0.717, 1.165) is 43.0 Å². The molecule has 5 aliphatic rings. The molecule has 2 heterocycles. The van der Waals surface area contributed by atoms with Crippen molar-refractivity contribution in [3.8, 4) is 11.5 Å². The molecule has 2 bridgehead atoms. The molecule has 1 spiro atoms. The average molecular weight is 552 g/mol. The normalized spacial score (nSPS) is 33.8. The largest absolute Gasteiger partial charge is 0.504 e. The number of nitrogens with zero attached hydrogens (tertiary/aromatic N) is 1. The van der Waals surface area contributed by atoms with Crippen LogP contribution in [0.25, 0.3) is 0 Å². The molecule has 0 aromatic heterocycles. The third kappa shape index (κ3) is 3.27. The molecule has 1 unspecified atom stereocenters. The number of piperidine rings is 1. The molecule has 1 amide bonds. The first-order chi connectivity index (χ1) is 16.8. The molecule has 1 saturated heterocycles. The zero-order chi connectivity index (χ0) is 24.1. The molecule has 2 aromatic rings. The van der Waals surface area contributed by atoms with Gasteiger partial charge >= 0.3 is 0 Å². The summed E-state index contributed by atoms with van der Waals surface area (Å²) >= 11 is 12.2. The topological polar surface area (TPSA) is 82.0 Å². The highest BCUT2D eigenvalue weighted by atomic mass is 35.5. The van der Waals surface area contributed by atoms with Crippen LogP contribution in [-0.2, 0) is 11.8 Å². The van der Waals surface area contributed by atoms with E-state index in [-0.39, 0.29) is 36.1 Å². The number of likely N-dealkylation sites (tertiary alicyclic amines) is 1. The Labute approximate surface area is 226 Å². The number of phenols is 1. The first-order valence-electron chi connectivity index (χ1n) is 12.6. The minimum absolute atomic E-state index is 0. The lowest BCUT2D eigenvalue weighted by atomic mass is 9.48. The number of hydrogen-bond acceptors (Lipinski definition) is 5. The van der Waals surface area contributed by atoms with Crippen LogP contribution in [0.2, 0.25) is 10.0 Å². The van der Waals surface area contributed by atoms with Crippen LogP contribution in [0.3, 0.4) is 0 Å². The van der Waals surface area contributed by atoms with Gasteiger partial charge in [0.15, 0.2) is 11.5 Å². The molecule has 2 aliphatic heterocycles. The third-order valence-electron chi connectivity index (χ3n) is 9.26. The maximum atomic E-state index is 13.2. The van der Waals surface area contributed by atoms with Crippen molar-refractivity contribution in [2.75, 3.05) is 13.1 Å². The van der Waals surface area contributed by atoms with Crippen LogP contribution in [-0.4, -0.2) is 57.9 Å². The molecule has 7 rings (SSSR count). The second-order valence-electron chi connectivity index (χ2n) is 11.0. The Morgan fingerprint density at radius 2 is 1.94 bits per heavy atom. The quantitative estimate of drug-likeness (QED) is 0.522. The number of halogens is 3. The number of amides is 1. The van der Waals surface area contributed by atoms with Crippen molar-refractivity contribution in [2.45, 2.75) is 67.7 Å². The monoisotopic (exact) mass is 550 g/mol. The van der Waals surface area contributed by atoms with E-state index in [1.807, 2.05) is 6.07 Å². The second kappa shape index (κ2) is 8.40. The maximum absolute atomic E-state index is 13.2. The zero-order valence-corrected chi connectivity index (χ0v) is 22.0. The van der Waals surface area contributed by atoms with E-state index in [4.69, 9.17) is 27.9 Å². The van der Waals surface area contributed by atoms with E-state index in [9.17, 15) is 15.0 Å². The van der Waals surface area contributed by atoms with Crippen LogP contribution in [0.15, 0.2) is 30.3 Å². The summed E-state index contributed by atoms with van der Waals surface area (Å²) in [5.41, 5.74) is 0.903. The summed E-state index contributed by atoms with van der Waals surface area (Å²) in [5.74, 6) is 1.07. The smallest absolute Gasteiger partial charge is 0.251 e. The fourth-order valence-electron chi connectivity index (χ4n) is 7.52. The average Bonchev–Trinajstić information content (AvgIpc) is 3.57. The van der Waals surface area contributed by atoms with Crippen LogP contribution in [0.4, 0.5) is 0 Å². The van der Waals surface area contributed by atoms with Gasteiger partial charge in [-0.25, -0.2) is 0 Å². The first-order valence-corrected chi connectivity index (χ1v) is 13.3. The van der Waals surface area contributed by atoms with Gasteiger partial charge in [-0.2, -0.15) is 0 Å². The van der Waals surface area contributed by atoms with Gasteiger partial charge in [0, 0.05) is 23.7 Å². The molecule has 36 heavy (non-hydrogen) atoms. The van der Waals surface area contributed by atoms with Crippen LogP contribution >= 0.6 is 35.6 Å². The highest BCUT2D eigenvalue weighted by molar-refractivity contribution is 6.42. The summed E-state index contributed by atoms with van der Waals surface area (Å²) in [6, 6.07) is 8.23. The second-order valence-corrected chi connectivity index (χ2v) is 11.9. The Morgan fingerprint density at radius 3 is 2.69 bits per heavy atom. The summed E-state index contributed by atoms with van der Waals surface area (Å²) in [6.45, 7) is 1.91. The van der Waals surface area contributed by atoms with Crippen LogP contribution < -0.4 is 10.1 Å². The fourth-order valence-corrected chi connectivity index (χ4v) is 7.82. The number of carbonyl (C=O) groups is 1. The van der Waals surface area contributed by atoms with Gasteiger partial charge in [-0.3, -0.25) is 9.69 Å². The minimum Gasteiger partial charge on any atom is -0.504 e. The Kier molecular flexibility index (Phi) is 5.75. The lowest BCUT2D eigenvalue weighted by Gasteiger charge is -2.64. The lowest BCUT2D eigenvalue weighted by molar-refractivity contribution is -0.191. The van der Waals surface area contributed by atoms with Crippen LogP contribution in [0.5, 0.6) is 11.5 Å². The van der Waals surface area contributed by atoms with E-state index in [0.29, 0.717) is 34.2 Å². The maximum Gasteiger partial charge on any atom is 0.251 e. The molecule has 3 fully saturated rings. The molecule has 2 aromatic carbocycles. The highest BCUT2D eigenvalue weighted by Gasteiger charge is 2.73. The molecular weight excluding hydrogens is 523 g/mol. The molecule has 5 atom stereocenters. The molecule has 0 radical (unpaired) electrons. The van der Waals surface area contributed by atoms with E-state index in [1.54, 1.807) is 24.3 Å². The molecule has 6 nitrogen and oxygen atoms in total. The van der Waals surface area contributed by atoms with Crippen LogP contribution in [0, 0.1) is 5.92 Å². The lowest BCUT2D eigenvalue weighted by Crippen LogP contribution is -2.78. The zero-order valence-electron chi connectivity index (χ0n) is 19.7. The van der Waals surface area contributed by atoms with Crippen LogP contribution in [0.1, 0.15) is 53.6 Å². The van der Waals surface area contributed by atoms with Crippen molar-refractivity contribution in [3.05, 3.63) is 57.1 Å². The first kappa shape index (κ1) is 24.6. The van der Waals surface area contributed by atoms with E-state index < -0.39 is 17.1 Å². The standard InChI is InChI=1S/C27H28Cl2N2O4.ClH/c28-17-5-3-16(11-18(17)29)25(33)30-19-7-8-27(34)21-12-15-4-6-20(32)23-22(15)26(27,24(19)35-23)9-10-31(21)13-14-1-2-14;/h3-6,11,14,19,21,24,32,34H,1-2,7-10,12-13H2,(H,30,33);1H/t19-,21-,24+,26?,27-;/m1./s1. The fraction of sp³-hybridized carbons (Fsp3) is 0.519. The number of aromatic hydroxyl groups is 1. The van der Waals surface area contributed by atoms with Crippen molar-refractivity contribution < 1.29 is 19.7 Å². The number of benzene rings is 2. The van der Waals surface area contributed by atoms with E-state index in [2.05, 4.69) is 10.2 Å². The highest BCUT2D eigenvalue weighted by Crippen LogP contribution is 2.65. The Bertz CT molecular complexity index is 1250. The van der Waals surface area contributed by atoms with E-state index >= 15 is 0 Å². The van der Waals surface area contributed by atoms with Crippen molar-refractivity contribution in [3.63, 3.8) is 0 Å². The molecule has 192 valence electrons. The minimum atomic E-state index is -0.971. The molecule has 3 N–H and O–H groups in total. The predicted octanol–water partition coefficient (Wildman–Crippen LogP) is 4.48. The van der Waals surface area contributed by atoms with Gasteiger partial charge < -0.3 is 20.3 Å². The molecule has 3 aliphatic carbocycles. The van der Waals surface area contributed by atoms with Gasteiger partial charge in [0.05, 0.1) is 27.1 Å². The van der Waals surface area contributed by atoms with Gasteiger partial charge in [0.25, 0.3) is 5.91 Å². The number of aliphatic hydroxyl groups is 1. The molecular formula is C27H29Cl3N2O4. The van der Waals surface area contributed by atoms with Gasteiger partial charge in [0.2, 0.25) is 0 Å². The number of ether oxygens (including phenoxy) is 1. The summed E-state index contributed by atoms with van der Waals surface area (Å²) < 4.78 is 6.51. The number of hydrogen-bond donors (Lipinski definition) is 3. The molecule has 9 heteroatoms. The summed E-state index contributed by atoms with van der Waals surface area (Å²) in [6.07, 6.45) is 4.74. The van der Waals surface area contributed by atoms with Crippen molar-refractivity contribution >= 4 is 41.5 Å². The SMILES string of the molecule is Cl.O=C(N[C@@H]1CC[C@@]2(O)[C@H]3Cc4ccc(O)c5c4C2(CCN3CC2CC2)[C@H]1O5)c1ccc(Cl)c(Cl)c1. The van der Waals surface area contributed by atoms with Crippen molar-refractivity contribution in [1.29, 1.82) is 0 Å². The Balaban J connectivity index is 0.00000240. The third-order valence-corrected chi connectivity index (χ3v) is 10.00. The van der Waals surface area contributed by atoms with E-state index in [1.165, 1.54) is 12.8 Å². The number of phenolic OH excluding ortho intramolecular Hbond substituents is 1. The Hall–Kier alpha value is -1.70. The van der Waals surface area contributed by atoms with Gasteiger partial charge in [-0.1, -0.05) is 29.3 Å². The number of carbonyl (C=O) groups excluding carboxylic acids is 1. The van der Waals surface area contributed by atoms with Gasteiger partial charge in [-0.15, -0.1) is 12.4 Å². The predicted molar refractivity (Wildman–Crippen MR) is 140 cm³/mol. The van der Waals surface area contributed by atoms with Gasteiger partial charge in [0.1, 0.15) is 6.10 Å². The summed E-state index contributed by atoms with van der Waals surface area (Å²) in [5, 5.41) is 27.1.